The number of pyridine rings is 1. The predicted molar refractivity (Wildman–Crippen MR) is 99.4 cm³/mol. The number of anilines is 1. The van der Waals surface area contributed by atoms with Gasteiger partial charge in [-0.05, 0) is 47.5 Å². The van der Waals surface area contributed by atoms with Gasteiger partial charge in [0.15, 0.2) is 11.5 Å². The second-order valence-corrected chi connectivity index (χ2v) is 5.96. The van der Waals surface area contributed by atoms with Gasteiger partial charge in [-0.1, -0.05) is 18.2 Å². The van der Waals surface area contributed by atoms with Crippen LogP contribution in [0, 0.1) is 11.3 Å². The summed E-state index contributed by atoms with van der Waals surface area (Å²) in [5, 5.41) is 12.2. The molecule has 2 heterocycles. The van der Waals surface area contributed by atoms with E-state index in [0.717, 1.165) is 11.1 Å². The Morgan fingerprint density at radius 1 is 1.07 bits per heavy atom. The first-order valence-corrected chi connectivity index (χ1v) is 8.38. The van der Waals surface area contributed by atoms with Gasteiger partial charge in [0.2, 0.25) is 6.10 Å². The lowest BCUT2D eigenvalue weighted by Gasteiger charge is -2.25. The maximum absolute atomic E-state index is 12.6. The summed E-state index contributed by atoms with van der Waals surface area (Å²) in [4.78, 5) is 16.6. The highest BCUT2D eigenvalue weighted by Crippen LogP contribution is 2.31. The van der Waals surface area contributed by atoms with Crippen LogP contribution >= 0.6 is 0 Å². The lowest BCUT2D eigenvalue weighted by atomic mass is 10.0. The van der Waals surface area contributed by atoms with Crippen molar-refractivity contribution >= 4 is 11.6 Å². The molecular weight excluding hydrogens is 342 g/mol. The molecule has 0 saturated carbocycles. The Kier molecular flexibility index (Phi) is 4.42. The molecule has 1 aliphatic heterocycles. The van der Waals surface area contributed by atoms with E-state index >= 15 is 0 Å². The van der Waals surface area contributed by atoms with Crippen molar-refractivity contribution in [2.24, 2.45) is 0 Å². The third-order valence-corrected chi connectivity index (χ3v) is 4.21. The lowest BCUT2D eigenvalue weighted by Crippen LogP contribution is -2.40. The molecular formula is C21H15N3O3. The number of para-hydroxylation sites is 2. The maximum atomic E-state index is 12.6. The van der Waals surface area contributed by atoms with Gasteiger partial charge in [-0.15, -0.1) is 0 Å². The van der Waals surface area contributed by atoms with E-state index in [9.17, 15) is 10.1 Å². The molecule has 0 radical (unpaired) electrons. The van der Waals surface area contributed by atoms with Gasteiger partial charge in [-0.25, -0.2) is 0 Å². The SMILES string of the molecule is N#Cc1cc(-c2ccncc2)ccc1NC(=O)C1COc2ccccc2O1. The van der Waals surface area contributed by atoms with Crippen LogP contribution in [0.25, 0.3) is 11.1 Å². The molecule has 6 heteroatoms. The smallest absolute Gasteiger partial charge is 0.269 e. The average molecular weight is 357 g/mol. The van der Waals surface area contributed by atoms with Crippen molar-refractivity contribution in [1.29, 1.82) is 5.26 Å². The van der Waals surface area contributed by atoms with E-state index < -0.39 is 6.10 Å². The molecule has 1 N–H and O–H groups in total. The van der Waals surface area contributed by atoms with Crippen LogP contribution < -0.4 is 14.8 Å². The molecule has 1 aliphatic rings. The normalized spacial score (nSPS) is 14.9. The van der Waals surface area contributed by atoms with E-state index in [4.69, 9.17) is 9.47 Å². The fourth-order valence-corrected chi connectivity index (χ4v) is 2.83. The Bertz CT molecular complexity index is 1030. The van der Waals surface area contributed by atoms with E-state index in [1.807, 2.05) is 30.3 Å². The summed E-state index contributed by atoms with van der Waals surface area (Å²) >= 11 is 0. The molecule has 0 saturated heterocycles. The zero-order chi connectivity index (χ0) is 18.6. The number of aromatic nitrogens is 1. The Labute approximate surface area is 156 Å². The molecule has 0 bridgehead atoms. The number of carbonyl (C=O) groups is 1. The third-order valence-electron chi connectivity index (χ3n) is 4.21. The van der Waals surface area contributed by atoms with E-state index in [0.29, 0.717) is 22.7 Å². The molecule has 132 valence electrons. The van der Waals surface area contributed by atoms with E-state index in [1.54, 1.807) is 36.7 Å². The number of fused-ring (bicyclic) bond motifs is 1. The number of hydrogen-bond acceptors (Lipinski definition) is 5. The average Bonchev–Trinajstić information content (AvgIpc) is 2.74. The zero-order valence-corrected chi connectivity index (χ0v) is 14.3. The summed E-state index contributed by atoms with van der Waals surface area (Å²) in [7, 11) is 0. The Balaban J connectivity index is 1.53. The molecule has 0 aliphatic carbocycles. The summed E-state index contributed by atoms with van der Waals surface area (Å²) in [5.41, 5.74) is 2.62. The minimum absolute atomic E-state index is 0.111. The molecule has 1 unspecified atom stereocenters. The molecule has 6 nitrogen and oxygen atoms in total. The lowest BCUT2D eigenvalue weighted by molar-refractivity contribution is -0.125. The summed E-state index contributed by atoms with van der Waals surface area (Å²) in [6.45, 7) is 0.111. The van der Waals surface area contributed by atoms with E-state index in [-0.39, 0.29) is 12.5 Å². The Morgan fingerprint density at radius 2 is 1.85 bits per heavy atom. The highest BCUT2D eigenvalue weighted by Gasteiger charge is 2.27. The number of hydrogen-bond donors (Lipinski definition) is 1. The number of amides is 1. The Hall–Kier alpha value is -3.85. The van der Waals surface area contributed by atoms with Crippen molar-refractivity contribution in [2.75, 3.05) is 11.9 Å². The largest absolute Gasteiger partial charge is 0.485 e. The van der Waals surface area contributed by atoms with Crippen molar-refractivity contribution in [3.8, 4) is 28.7 Å². The highest BCUT2D eigenvalue weighted by molar-refractivity contribution is 5.96. The second-order valence-electron chi connectivity index (χ2n) is 5.96. The zero-order valence-electron chi connectivity index (χ0n) is 14.3. The first kappa shape index (κ1) is 16.6. The number of nitrogens with zero attached hydrogens (tertiary/aromatic N) is 2. The van der Waals surface area contributed by atoms with Crippen LogP contribution in [0.5, 0.6) is 11.5 Å². The summed E-state index contributed by atoms with van der Waals surface area (Å²) < 4.78 is 11.3. The number of ether oxygens (including phenoxy) is 2. The predicted octanol–water partition coefficient (Wildman–Crippen LogP) is 3.40. The molecule has 4 rings (SSSR count). The second kappa shape index (κ2) is 7.18. The van der Waals surface area contributed by atoms with Gasteiger partial charge in [-0.3, -0.25) is 9.78 Å². The van der Waals surface area contributed by atoms with Crippen LogP contribution in [0.3, 0.4) is 0 Å². The van der Waals surface area contributed by atoms with Crippen molar-refractivity contribution < 1.29 is 14.3 Å². The van der Waals surface area contributed by atoms with Crippen LogP contribution in [0.15, 0.2) is 67.0 Å². The molecule has 1 atom stereocenters. The number of nitrogens with one attached hydrogen (secondary N) is 1. The number of nitriles is 1. The molecule has 1 amide bonds. The van der Waals surface area contributed by atoms with Crippen molar-refractivity contribution in [3.05, 3.63) is 72.6 Å². The molecule has 2 aromatic carbocycles. The minimum atomic E-state index is -0.786. The monoisotopic (exact) mass is 357 g/mol. The van der Waals surface area contributed by atoms with Gasteiger partial charge in [0, 0.05) is 12.4 Å². The maximum Gasteiger partial charge on any atom is 0.269 e. The van der Waals surface area contributed by atoms with Crippen LogP contribution in [0.1, 0.15) is 5.56 Å². The topological polar surface area (TPSA) is 84.2 Å². The number of carbonyl (C=O) groups excluding carboxylic acids is 1. The van der Waals surface area contributed by atoms with Crippen LogP contribution in [0.2, 0.25) is 0 Å². The fraction of sp³-hybridized carbons (Fsp3) is 0.0952. The van der Waals surface area contributed by atoms with E-state index in [1.165, 1.54) is 0 Å². The fourth-order valence-electron chi connectivity index (χ4n) is 2.83. The number of rotatable bonds is 3. The first-order chi connectivity index (χ1) is 13.2. The van der Waals surface area contributed by atoms with Gasteiger partial charge >= 0.3 is 0 Å². The molecule has 27 heavy (non-hydrogen) atoms. The molecule has 0 fully saturated rings. The van der Waals surface area contributed by atoms with Gasteiger partial charge in [0.25, 0.3) is 5.91 Å². The van der Waals surface area contributed by atoms with Gasteiger partial charge < -0.3 is 14.8 Å². The first-order valence-electron chi connectivity index (χ1n) is 8.38. The van der Waals surface area contributed by atoms with Crippen molar-refractivity contribution in [1.82, 2.24) is 4.98 Å². The quantitative estimate of drug-likeness (QED) is 0.777. The third kappa shape index (κ3) is 3.44. The summed E-state index contributed by atoms with van der Waals surface area (Å²) in [6.07, 6.45) is 2.59. The standard InChI is InChI=1S/C21H15N3O3/c22-12-16-11-15(14-7-9-23-10-8-14)5-6-17(16)24-21(25)20-13-26-18-3-1-2-4-19(18)27-20/h1-11,20H,13H2,(H,24,25). The van der Waals surface area contributed by atoms with Crippen LogP contribution in [0.4, 0.5) is 5.69 Å². The van der Waals surface area contributed by atoms with E-state index in [2.05, 4.69) is 16.4 Å². The highest BCUT2D eigenvalue weighted by atomic mass is 16.6. The van der Waals surface area contributed by atoms with Crippen LogP contribution in [-0.4, -0.2) is 23.6 Å². The van der Waals surface area contributed by atoms with Crippen molar-refractivity contribution in [2.45, 2.75) is 6.10 Å². The van der Waals surface area contributed by atoms with Gasteiger partial charge in [-0.2, -0.15) is 5.26 Å². The molecule has 0 spiro atoms. The Morgan fingerprint density at radius 3 is 2.63 bits per heavy atom. The van der Waals surface area contributed by atoms with Gasteiger partial charge in [0.05, 0.1) is 11.3 Å². The van der Waals surface area contributed by atoms with Crippen molar-refractivity contribution in [3.63, 3.8) is 0 Å². The summed E-state index contributed by atoms with van der Waals surface area (Å²) in [5.74, 6) is 0.774. The number of benzene rings is 2. The minimum Gasteiger partial charge on any atom is -0.485 e. The van der Waals surface area contributed by atoms with Gasteiger partial charge in [0.1, 0.15) is 12.7 Å². The van der Waals surface area contributed by atoms with Crippen LogP contribution in [-0.2, 0) is 4.79 Å². The molecule has 1 aromatic heterocycles. The molecule has 3 aromatic rings. The summed E-state index contributed by atoms with van der Waals surface area (Å²) in [6, 6.07) is 18.3.